The van der Waals surface area contributed by atoms with Crippen LogP contribution in [0, 0.1) is 0 Å². The Morgan fingerprint density at radius 1 is 1.07 bits per heavy atom. The van der Waals surface area contributed by atoms with Gasteiger partial charge in [0.15, 0.2) is 0 Å². The Labute approximate surface area is 162 Å². The SMILES string of the molecule is CCOc1ccc(-c2nnc(SCC(=O)Nc3ccc(CC)cc3)o2)cc1. The quantitative estimate of drug-likeness (QED) is 0.580. The second-order valence-corrected chi connectivity index (χ2v) is 6.64. The second-order valence-electron chi connectivity index (χ2n) is 5.72. The monoisotopic (exact) mass is 383 g/mol. The van der Waals surface area contributed by atoms with Gasteiger partial charge in [0.1, 0.15) is 5.75 Å². The maximum atomic E-state index is 12.1. The number of carbonyl (C=O) groups is 1. The molecule has 0 spiro atoms. The van der Waals surface area contributed by atoms with Crippen LogP contribution in [0.5, 0.6) is 5.75 Å². The number of nitrogens with zero attached hydrogens (tertiary/aromatic N) is 2. The number of ether oxygens (including phenoxy) is 1. The predicted octanol–water partition coefficient (Wildman–Crippen LogP) is 4.43. The molecule has 7 heteroatoms. The Morgan fingerprint density at radius 3 is 2.48 bits per heavy atom. The van der Waals surface area contributed by atoms with Crippen LogP contribution >= 0.6 is 11.8 Å². The van der Waals surface area contributed by atoms with Crippen molar-refractivity contribution in [3.8, 4) is 17.2 Å². The van der Waals surface area contributed by atoms with Gasteiger partial charge in [-0.05, 0) is 55.3 Å². The van der Waals surface area contributed by atoms with Crippen LogP contribution in [0.25, 0.3) is 11.5 Å². The van der Waals surface area contributed by atoms with Gasteiger partial charge in [0.2, 0.25) is 11.8 Å². The summed E-state index contributed by atoms with van der Waals surface area (Å²) in [6.45, 7) is 4.65. The molecule has 0 atom stereocenters. The Hall–Kier alpha value is -2.80. The van der Waals surface area contributed by atoms with E-state index in [0.29, 0.717) is 17.7 Å². The summed E-state index contributed by atoms with van der Waals surface area (Å²) in [7, 11) is 0. The summed E-state index contributed by atoms with van der Waals surface area (Å²) in [5.74, 6) is 1.28. The number of amides is 1. The summed E-state index contributed by atoms with van der Waals surface area (Å²) >= 11 is 1.21. The van der Waals surface area contributed by atoms with Crippen LogP contribution in [0.2, 0.25) is 0 Å². The molecule has 0 aliphatic carbocycles. The van der Waals surface area contributed by atoms with Gasteiger partial charge in [0, 0.05) is 11.3 Å². The van der Waals surface area contributed by atoms with Crippen LogP contribution < -0.4 is 10.1 Å². The molecule has 0 saturated carbocycles. The molecule has 1 N–H and O–H groups in total. The molecule has 1 heterocycles. The molecule has 0 fully saturated rings. The number of benzene rings is 2. The molecule has 3 aromatic rings. The third-order valence-corrected chi connectivity index (χ3v) is 4.61. The molecule has 140 valence electrons. The van der Waals surface area contributed by atoms with Gasteiger partial charge in [-0.15, -0.1) is 10.2 Å². The Kier molecular flexibility index (Phi) is 6.49. The first kappa shape index (κ1) is 19.0. The summed E-state index contributed by atoms with van der Waals surface area (Å²) < 4.78 is 11.0. The predicted molar refractivity (Wildman–Crippen MR) is 106 cm³/mol. The lowest BCUT2D eigenvalue weighted by molar-refractivity contribution is -0.113. The third kappa shape index (κ3) is 5.34. The fourth-order valence-electron chi connectivity index (χ4n) is 2.39. The summed E-state index contributed by atoms with van der Waals surface area (Å²) in [6.07, 6.45) is 0.970. The van der Waals surface area contributed by atoms with E-state index < -0.39 is 0 Å². The molecule has 3 rings (SSSR count). The van der Waals surface area contributed by atoms with E-state index in [1.165, 1.54) is 17.3 Å². The van der Waals surface area contributed by atoms with Crippen molar-refractivity contribution >= 4 is 23.4 Å². The second kappa shape index (κ2) is 9.23. The Morgan fingerprint density at radius 2 is 1.81 bits per heavy atom. The number of hydrogen-bond donors (Lipinski definition) is 1. The average molecular weight is 383 g/mol. The summed E-state index contributed by atoms with van der Waals surface area (Å²) in [5.41, 5.74) is 2.81. The molecule has 2 aromatic carbocycles. The summed E-state index contributed by atoms with van der Waals surface area (Å²) in [4.78, 5) is 12.1. The molecular formula is C20H21N3O3S. The zero-order valence-corrected chi connectivity index (χ0v) is 16.1. The number of rotatable bonds is 8. The third-order valence-electron chi connectivity index (χ3n) is 3.79. The number of aryl methyl sites for hydroxylation is 1. The zero-order valence-electron chi connectivity index (χ0n) is 15.3. The van der Waals surface area contributed by atoms with Crippen molar-refractivity contribution in [3.05, 3.63) is 54.1 Å². The minimum atomic E-state index is -0.120. The molecule has 1 amide bonds. The van der Waals surface area contributed by atoms with Crippen LogP contribution in [-0.4, -0.2) is 28.5 Å². The zero-order chi connectivity index (χ0) is 19.1. The Bertz CT molecular complexity index is 876. The molecule has 0 saturated heterocycles. The van der Waals surface area contributed by atoms with Gasteiger partial charge in [0.05, 0.1) is 12.4 Å². The highest BCUT2D eigenvalue weighted by molar-refractivity contribution is 7.99. The van der Waals surface area contributed by atoms with Crippen molar-refractivity contribution in [1.29, 1.82) is 0 Å². The van der Waals surface area contributed by atoms with Crippen LogP contribution in [0.4, 0.5) is 5.69 Å². The topological polar surface area (TPSA) is 77.2 Å². The normalized spacial score (nSPS) is 10.6. The fraction of sp³-hybridized carbons (Fsp3) is 0.250. The van der Waals surface area contributed by atoms with Gasteiger partial charge in [-0.3, -0.25) is 4.79 Å². The van der Waals surface area contributed by atoms with Crippen molar-refractivity contribution in [2.75, 3.05) is 17.7 Å². The largest absolute Gasteiger partial charge is 0.494 e. The molecule has 27 heavy (non-hydrogen) atoms. The van der Waals surface area contributed by atoms with Crippen molar-refractivity contribution in [1.82, 2.24) is 10.2 Å². The molecular weight excluding hydrogens is 362 g/mol. The number of anilines is 1. The molecule has 1 aromatic heterocycles. The lowest BCUT2D eigenvalue weighted by atomic mass is 10.1. The number of carbonyl (C=O) groups excluding carboxylic acids is 1. The minimum Gasteiger partial charge on any atom is -0.494 e. The highest BCUT2D eigenvalue weighted by Crippen LogP contribution is 2.25. The van der Waals surface area contributed by atoms with Gasteiger partial charge in [-0.25, -0.2) is 0 Å². The van der Waals surface area contributed by atoms with Crippen molar-refractivity contribution in [3.63, 3.8) is 0 Å². The van der Waals surface area contributed by atoms with Crippen molar-refractivity contribution < 1.29 is 13.9 Å². The van der Waals surface area contributed by atoms with Gasteiger partial charge in [0.25, 0.3) is 5.22 Å². The molecule has 0 aliphatic rings. The van der Waals surface area contributed by atoms with E-state index >= 15 is 0 Å². The standard InChI is InChI=1S/C20H21N3O3S/c1-3-14-5-9-16(10-6-14)21-18(24)13-27-20-23-22-19(26-20)15-7-11-17(12-8-15)25-4-2/h5-12H,3-4,13H2,1-2H3,(H,21,24). The molecule has 0 unspecified atom stereocenters. The minimum absolute atomic E-state index is 0.120. The fourth-order valence-corrected chi connectivity index (χ4v) is 2.96. The summed E-state index contributed by atoms with van der Waals surface area (Å²) in [6, 6.07) is 15.2. The number of hydrogen-bond acceptors (Lipinski definition) is 6. The van der Waals surface area contributed by atoms with E-state index in [2.05, 4.69) is 22.4 Å². The first-order valence-corrected chi connectivity index (χ1v) is 9.74. The van der Waals surface area contributed by atoms with Crippen LogP contribution in [0.15, 0.2) is 58.2 Å². The van der Waals surface area contributed by atoms with E-state index in [4.69, 9.17) is 9.15 Å². The van der Waals surface area contributed by atoms with Gasteiger partial charge >= 0.3 is 0 Å². The molecule has 0 aliphatic heterocycles. The number of aromatic nitrogens is 2. The summed E-state index contributed by atoms with van der Waals surface area (Å²) in [5, 5.41) is 11.2. The highest BCUT2D eigenvalue weighted by Gasteiger charge is 2.11. The van der Waals surface area contributed by atoms with Crippen molar-refractivity contribution in [2.24, 2.45) is 0 Å². The van der Waals surface area contributed by atoms with Gasteiger partial charge in [-0.1, -0.05) is 30.8 Å². The average Bonchev–Trinajstić information content (AvgIpc) is 3.17. The van der Waals surface area contributed by atoms with Crippen LogP contribution in [-0.2, 0) is 11.2 Å². The van der Waals surface area contributed by atoms with Gasteiger partial charge < -0.3 is 14.5 Å². The van der Waals surface area contributed by atoms with E-state index in [9.17, 15) is 4.79 Å². The van der Waals surface area contributed by atoms with Gasteiger partial charge in [-0.2, -0.15) is 0 Å². The molecule has 6 nitrogen and oxygen atoms in total. The maximum Gasteiger partial charge on any atom is 0.277 e. The van der Waals surface area contributed by atoms with E-state index in [0.717, 1.165) is 23.4 Å². The van der Waals surface area contributed by atoms with E-state index in [1.807, 2.05) is 55.5 Å². The number of nitrogens with one attached hydrogen (secondary N) is 1. The van der Waals surface area contributed by atoms with E-state index in [1.54, 1.807) is 0 Å². The molecule has 0 bridgehead atoms. The Balaban J connectivity index is 1.53. The molecule has 0 radical (unpaired) electrons. The van der Waals surface area contributed by atoms with Crippen LogP contribution in [0.1, 0.15) is 19.4 Å². The first-order valence-electron chi connectivity index (χ1n) is 8.76. The lowest BCUT2D eigenvalue weighted by Gasteiger charge is -2.04. The maximum absolute atomic E-state index is 12.1. The first-order chi connectivity index (χ1) is 13.2. The smallest absolute Gasteiger partial charge is 0.277 e. The van der Waals surface area contributed by atoms with E-state index in [-0.39, 0.29) is 11.7 Å². The van der Waals surface area contributed by atoms with Crippen LogP contribution in [0.3, 0.4) is 0 Å². The van der Waals surface area contributed by atoms with Crippen molar-refractivity contribution in [2.45, 2.75) is 25.5 Å². The lowest BCUT2D eigenvalue weighted by Crippen LogP contribution is -2.13. The highest BCUT2D eigenvalue weighted by atomic mass is 32.2. The number of thioether (sulfide) groups is 1.